The van der Waals surface area contributed by atoms with Crippen molar-refractivity contribution in [3.05, 3.63) is 24.3 Å². The van der Waals surface area contributed by atoms with Crippen molar-refractivity contribution in [3.63, 3.8) is 0 Å². The van der Waals surface area contributed by atoms with Gasteiger partial charge in [0.2, 0.25) is 6.29 Å². The van der Waals surface area contributed by atoms with Gasteiger partial charge in [0.05, 0.1) is 6.10 Å². The van der Waals surface area contributed by atoms with Crippen molar-refractivity contribution in [1.82, 2.24) is 5.32 Å². The van der Waals surface area contributed by atoms with Gasteiger partial charge in [-0.3, -0.25) is 9.59 Å². The number of carboxylic acids is 2. The Balaban J connectivity index is 2.06. The summed E-state index contributed by atoms with van der Waals surface area (Å²) in [5, 5.41) is 53.6. The highest BCUT2D eigenvalue weighted by Crippen LogP contribution is 2.28. The largest absolute Gasteiger partial charge is 0.481 e. The molecule has 12 nitrogen and oxygen atoms in total. The minimum absolute atomic E-state index is 0.0517. The molecule has 12 heteroatoms. The summed E-state index contributed by atoms with van der Waals surface area (Å²) in [6.45, 7) is 3.61. The lowest BCUT2D eigenvalue weighted by Crippen LogP contribution is -2.59. The third kappa shape index (κ3) is 6.52. The quantitative estimate of drug-likeness (QED) is 0.260. The standard InChI is InChI=1S/C19H26N2O10/c1-8(2)20-19(29)21-9-3-5-10(6-4-9)30-18-15(24)14(23)13(22)12(31-18)7-11(16(25)26)17(27)28/h3-6,8,11-15,18,22-24H,7H2,1-2H3,(H,25,26)(H,27,28)(H2,20,21,29)/t12-,13-,14+,15+,18+/m1/s1. The van der Waals surface area contributed by atoms with Crippen LogP contribution in [0.4, 0.5) is 10.5 Å². The molecule has 31 heavy (non-hydrogen) atoms. The number of ether oxygens (including phenoxy) is 2. The van der Waals surface area contributed by atoms with Crippen molar-refractivity contribution in [1.29, 1.82) is 0 Å². The number of aliphatic hydroxyl groups is 3. The molecule has 0 spiro atoms. The maximum Gasteiger partial charge on any atom is 0.319 e. The molecule has 1 aliphatic rings. The summed E-state index contributed by atoms with van der Waals surface area (Å²) in [6, 6.07) is 5.47. The van der Waals surface area contributed by atoms with Gasteiger partial charge in [-0.1, -0.05) is 0 Å². The molecule has 172 valence electrons. The van der Waals surface area contributed by atoms with Crippen LogP contribution in [0.25, 0.3) is 0 Å². The van der Waals surface area contributed by atoms with E-state index >= 15 is 0 Å². The average molecular weight is 442 g/mol. The lowest BCUT2D eigenvalue weighted by Gasteiger charge is -2.40. The Labute approximate surface area is 177 Å². The summed E-state index contributed by atoms with van der Waals surface area (Å²) in [5.74, 6) is -4.98. The fourth-order valence-corrected chi connectivity index (χ4v) is 2.93. The highest BCUT2D eigenvalue weighted by molar-refractivity contribution is 5.92. The number of nitrogens with one attached hydrogen (secondary N) is 2. The van der Waals surface area contributed by atoms with Crippen molar-refractivity contribution in [2.24, 2.45) is 5.92 Å². The number of aliphatic carboxylic acids is 2. The van der Waals surface area contributed by atoms with Crippen LogP contribution in [0.5, 0.6) is 5.75 Å². The number of carbonyl (C=O) groups is 3. The Morgan fingerprint density at radius 1 is 1.00 bits per heavy atom. The molecule has 1 saturated heterocycles. The molecule has 0 bridgehead atoms. The van der Waals surface area contributed by atoms with E-state index < -0.39 is 61.0 Å². The van der Waals surface area contributed by atoms with Gasteiger partial charge in [0.25, 0.3) is 0 Å². The maximum absolute atomic E-state index is 11.7. The summed E-state index contributed by atoms with van der Waals surface area (Å²) in [5.41, 5.74) is 0.453. The number of carboxylic acid groups (broad SMARTS) is 2. The zero-order chi connectivity index (χ0) is 23.3. The first-order valence-corrected chi connectivity index (χ1v) is 9.49. The molecule has 7 N–H and O–H groups in total. The zero-order valence-corrected chi connectivity index (χ0v) is 16.8. The predicted molar refractivity (Wildman–Crippen MR) is 104 cm³/mol. The van der Waals surface area contributed by atoms with Crippen LogP contribution in [0.15, 0.2) is 24.3 Å². The number of urea groups is 1. The number of benzene rings is 1. The molecule has 1 aromatic carbocycles. The lowest BCUT2D eigenvalue weighted by molar-refractivity contribution is -0.275. The van der Waals surface area contributed by atoms with Crippen LogP contribution in [0.2, 0.25) is 0 Å². The normalized spacial score (nSPS) is 25.8. The number of hydrogen-bond acceptors (Lipinski definition) is 8. The Hall–Kier alpha value is -2.93. The predicted octanol–water partition coefficient (Wildman–Crippen LogP) is -0.422. The van der Waals surface area contributed by atoms with E-state index in [-0.39, 0.29) is 11.8 Å². The Morgan fingerprint density at radius 3 is 2.10 bits per heavy atom. The molecule has 1 heterocycles. The topological polar surface area (TPSA) is 195 Å². The van der Waals surface area contributed by atoms with E-state index in [1.807, 2.05) is 0 Å². The van der Waals surface area contributed by atoms with Crippen molar-refractivity contribution in [3.8, 4) is 5.75 Å². The fraction of sp³-hybridized carbons (Fsp3) is 0.526. The van der Waals surface area contributed by atoms with Gasteiger partial charge in [-0.2, -0.15) is 0 Å². The first-order valence-electron chi connectivity index (χ1n) is 9.49. The molecule has 5 atom stereocenters. The molecule has 2 amide bonds. The maximum atomic E-state index is 11.7. The highest BCUT2D eigenvalue weighted by atomic mass is 16.7. The van der Waals surface area contributed by atoms with Crippen molar-refractivity contribution < 1.29 is 49.4 Å². The molecule has 1 aliphatic heterocycles. The smallest absolute Gasteiger partial charge is 0.319 e. The SMILES string of the molecule is CC(C)NC(=O)Nc1ccc(O[C@H]2O[C@H](CC(C(=O)O)C(=O)O)[C@@H](O)[C@H](O)[C@@H]2O)cc1. The van der Waals surface area contributed by atoms with Crippen molar-refractivity contribution in [2.75, 3.05) is 5.32 Å². The second-order valence-corrected chi connectivity index (χ2v) is 7.37. The minimum Gasteiger partial charge on any atom is -0.481 e. The molecule has 0 aromatic heterocycles. The fourth-order valence-electron chi connectivity index (χ4n) is 2.93. The monoisotopic (exact) mass is 442 g/mol. The second-order valence-electron chi connectivity index (χ2n) is 7.37. The van der Waals surface area contributed by atoms with Gasteiger partial charge in [0.15, 0.2) is 5.92 Å². The summed E-state index contributed by atoms with van der Waals surface area (Å²) in [7, 11) is 0. The van der Waals surface area contributed by atoms with Gasteiger partial charge in [0.1, 0.15) is 24.1 Å². The van der Waals surface area contributed by atoms with E-state index in [1.165, 1.54) is 24.3 Å². The molecule has 0 saturated carbocycles. The van der Waals surface area contributed by atoms with E-state index in [0.717, 1.165) is 0 Å². The molecule has 1 fully saturated rings. The molecule has 1 aromatic rings. The van der Waals surface area contributed by atoms with Crippen LogP contribution in [-0.2, 0) is 14.3 Å². The van der Waals surface area contributed by atoms with Gasteiger partial charge in [-0.25, -0.2) is 4.79 Å². The Bertz CT molecular complexity index is 770. The number of anilines is 1. The summed E-state index contributed by atoms with van der Waals surface area (Å²) in [6.07, 6.45) is -8.73. The summed E-state index contributed by atoms with van der Waals surface area (Å²) >= 11 is 0. The van der Waals surface area contributed by atoms with Crippen molar-refractivity contribution in [2.45, 2.75) is 57.0 Å². The number of amides is 2. The van der Waals surface area contributed by atoms with Gasteiger partial charge < -0.3 is 45.6 Å². The number of hydrogen-bond donors (Lipinski definition) is 7. The van der Waals surface area contributed by atoms with Crippen LogP contribution in [-0.4, -0.2) is 80.3 Å². The van der Waals surface area contributed by atoms with E-state index in [9.17, 15) is 29.7 Å². The first-order chi connectivity index (χ1) is 14.5. The zero-order valence-electron chi connectivity index (χ0n) is 16.8. The third-order valence-corrected chi connectivity index (χ3v) is 4.52. The Kier molecular flexibility index (Phi) is 8.16. The highest BCUT2D eigenvalue weighted by Gasteiger charge is 2.47. The van der Waals surface area contributed by atoms with Gasteiger partial charge in [-0.15, -0.1) is 0 Å². The van der Waals surface area contributed by atoms with Crippen LogP contribution in [0.1, 0.15) is 20.3 Å². The second kappa shape index (κ2) is 10.4. The lowest BCUT2D eigenvalue weighted by atomic mass is 9.91. The van der Waals surface area contributed by atoms with Crippen LogP contribution in [0, 0.1) is 5.92 Å². The summed E-state index contributed by atoms with van der Waals surface area (Å²) < 4.78 is 10.8. The van der Waals surface area contributed by atoms with Crippen LogP contribution < -0.4 is 15.4 Å². The first kappa shape index (κ1) is 24.3. The van der Waals surface area contributed by atoms with Gasteiger partial charge in [0, 0.05) is 18.2 Å². The van der Waals surface area contributed by atoms with E-state index in [2.05, 4.69) is 10.6 Å². The van der Waals surface area contributed by atoms with E-state index in [4.69, 9.17) is 19.7 Å². The van der Waals surface area contributed by atoms with Gasteiger partial charge in [-0.05, 0) is 38.1 Å². The molecule has 0 aliphatic carbocycles. The number of aliphatic hydroxyl groups excluding tert-OH is 3. The van der Waals surface area contributed by atoms with Crippen LogP contribution in [0.3, 0.4) is 0 Å². The molecule has 0 radical (unpaired) electrons. The molecular formula is C19H26N2O10. The number of carbonyl (C=O) groups excluding carboxylic acids is 1. The molecule has 2 rings (SSSR count). The Morgan fingerprint density at radius 2 is 1.58 bits per heavy atom. The third-order valence-electron chi connectivity index (χ3n) is 4.52. The molecular weight excluding hydrogens is 416 g/mol. The van der Waals surface area contributed by atoms with Gasteiger partial charge >= 0.3 is 18.0 Å². The number of rotatable bonds is 8. The van der Waals surface area contributed by atoms with E-state index in [0.29, 0.717) is 5.69 Å². The average Bonchev–Trinajstić information content (AvgIpc) is 2.67. The summed E-state index contributed by atoms with van der Waals surface area (Å²) in [4.78, 5) is 33.9. The molecule has 0 unspecified atom stereocenters. The van der Waals surface area contributed by atoms with Crippen LogP contribution >= 0.6 is 0 Å². The van der Waals surface area contributed by atoms with Crippen molar-refractivity contribution >= 4 is 23.7 Å². The van der Waals surface area contributed by atoms with E-state index in [1.54, 1.807) is 13.8 Å². The minimum atomic E-state index is -1.88.